The maximum Gasteiger partial charge on any atom is 0.200 e. The highest BCUT2D eigenvalue weighted by molar-refractivity contribution is 7.71. The van der Waals surface area contributed by atoms with E-state index < -0.39 is 0 Å². The first-order valence-electron chi connectivity index (χ1n) is 4.85. The third kappa shape index (κ3) is 1.61. The molecule has 0 amide bonds. The highest BCUT2D eigenvalue weighted by Gasteiger charge is 2.10. The molecule has 2 aromatic heterocycles. The standard InChI is InChI=1S/C9H13N5S/c1-3-5(2)14-4-11-6-7(14)12-9(10)13-8(6)15/h4-5H,3H2,1-2H3,(H3,10,12,13,15). The molecule has 0 radical (unpaired) electrons. The predicted octanol–water partition coefficient (Wildman–Crippen LogP) is 2.04. The Labute approximate surface area is 92.3 Å². The molecule has 1 unspecified atom stereocenters. The van der Waals surface area contributed by atoms with Crippen LogP contribution >= 0.6 is 12.2 Å². The highest BCUT2D eigenvalue weighted by atomic mass is 32.1. The topological polar surface area (TPSA) is 72.5 Å². The van der Waals surface area contributed by atoms with Crippen molar-refractivity contribution in [3.8, 4) is 0 Å². The second-order valence-electron chi connectivity index (χ2n) is 3.53. The lowest BCUT2D eigenvalue weighted by atomic mass is 10.2. The maximum absolute atomic E-state index is 5.62. The Hall–Kier alpha value is -1.43. The van der Waals surface area contributed by atoms with Gasteiger partial charge in [-0.25, -0.2) is 9.97 Å². The van der Waals surface area contributed by atoms with Gasteiger partial charge in [0.15, 0.2) is 10.6 Å². The number of aromatic nitrogens is 4. The van der Waals surface area contributed by atoms with Gasteiger partial charge in [0.05, 0.1) is 6.33 Å². The molecule has 2 aromatic rings. The minimum absolute atomic E-state index is 0.331. The predicted molar refractivity (Wildman–Crippen MR) is 62.1 cm³/mol. The molecule has 0 saturated carbocycles. The van der Waals surface area contributed by atoms with E-state index in [1.54, 1.807) is 6.33 Å². The average molecular weight is 223 g/mol. The number of hydrogen-bond donors (Lipinski definition) is 2. The van der Waals surface area contributed by atoms with Gasteiger partial charge in [0.2, 0.25) is 0 Å². The van der Waals surface area contributed by atoms with Crippen molar-refractivity contribution >= 4 is 29.3 Å². The van der Waals surface area contributed by atoms with Crippen molar-refractivity contribution in [3.63, 3.8) is 0 Å². The van der Waals surface area contributed by atoms with Gasteiger partial charge in [-0.15, -0.1) is 0 Å². The number of anilines is 1. The molecular formula is C9H13N5S. The van der Waals surface area contributed by atoms with Gasteiger partial charge < -0.3 is 15.3 Å². The van der Waals surface area contributed by atoms with Crippen molar-refractivity contribution in [1.82, 2.24) is 19.5 Å². The first kappa shape index (κ1) is 10.1. The average Bonchev–Trinajstić information content (AvgIpc) is 2.60. The largest absolute Gasteiger partial charge is 0.369 e. The van der Waals surface area contributed by atoms with E-state index in [0.717, 1.165) is 12.1 Å². The van der Waals surface area contributed by atoms with E-state index in [2.05, 4.69) is 28.8 Å². The number of aromatic amines is 1. The fourth-order valence-electron chi connectivity index (χ4n) is 1.48. The third-order valence-corrected chi connectivity index (χ3v) is 2.82. The maximum atomic E-state index is 5.62. The lowest BCUT2D eigenvalue weighted by Gasteiger charge is -2.11. The second kappa shape index (κ2) is 3.62. The van der Waals surface area contributed by atoms with E-state index in [1.807, 2.05) is 4.57 Å². The van der Waals surface area contributed by atoms with Crippen LogP contribution in [0.4, 0.5) is 5.95 Å². The van der Waals surface area contributed by atoms with E-state index in [-0.39, 0.29) is 0 Å². The quantitative estimate of drug-likeness (QED) is 0.764. The second-order valence-corrected chi connectivity index (χ2v) is 3.92. The zero-order valence-electron chi connectivity index (χ0n) is 8.69. The van der Waals surface area contributed by atoms with Crippen molar-refractivity contribution in [2.75, 3.05) is 5.73 Å². The SMILES string of the molecule is CCC(C)n1cnc2c(=S)nc(N)[nH]c21. The van der Waals surface area contributed by atoms with Gasteiger partial charge in [-0.3, -0.25) is 0 Å². The van der Waals surface area contributed by atoms with Crippen LogP contribution in [0.3, 0.4) is 0 Å². The van der Waals surface area contributed by atoms with Crippen molar-refractivity contribution < 1.29 is 0 Å². The molecule has 15 heavy (non-hydrogen) atoms. The molecule has 0 spiro atoms. The smallest absolute Gasteiger partial charge is 0.200 e. The Morgan fingerprint density at radius 2 is 2.40 bits per heavy atom. The Morgan fingerprint density at radius 1 is 1.67 bits per heavy atom. The summed E-state index contributed by atoms with van der Waals surface area (Å²) in [6.07, 6.45) is 2.79. The molecule has 2 heterocycles. The van der Waals surface area contributed by atoms with Crippen LogP contribution in [0.2, 0.25) is 0 Å². The summed E-state index contributed by atoms with van der Waals surface area (Å²) in [4.78, 5) is 11.2. The number of rotatable bonds is 2. The molecule has 6 heteroatoms. The van der Waals surface area contributed by atoms with Crippen LogP contribution in [-0.2, 0) is 0 Å². The summed E-state index contributed by atoms with van der Waals surface area (Å²) in [5.41, 5.74) is 7.18. The van der Waals surface area contributed by atoms with E-state index in [0.29, 0.717) is 22.1 Å². The summed E-state index contributed by atoms with van der Waals surface area (Å²) in [5.74, 6) is 0.331. The van der Waals surface area contributed by atoms with E-state index in [4.69, 9.17) is 18.0 Å². The number of imidazole rings is 1. The molecule has 0 bridgehead atoms. The van der Waals surface area contributed by atoms with Crippen LogP contribution in [-0.4, -0.2) is 19.5 Å². The molecule has 0 aliphatic heterocycles. The zero-order valence-corrected chi connectivity index (χ0v) is 9.51. The van der Waals surface area contributed by atoms with E-state index in [1.165, 1.54) is 0 Å². The lowest BCUT2D eigenvalue weighted by Crippen LogP contribution is -2.04. The van der Waals surface area contributed by atoms with Crippen LogP contribution in [0.1, 0.15) is 26.3 Å². The monoisotopic (exact) mass is 223 g/mol. The van der Waals surface area contributed by atoms with Gasteiger partial charge in [0, 0.05) is 6.04 Å². The van der Waals surface area contributed by atoms with Crippen LogP contribution in [0.25, 0.3) is 11.2 Å². The first-order chi connectivity index (χ1) is 7.13. The summed E-state index contributed by atoms with van der Waals surface area (Å²) < 4.78 is 2.48. The molecule has 0 aliphatic carbocycles. The normalized spacial score (nSPS) is 13.2. The third-order valence-electron chi connectivity index (χ3n) is 2.53. The minimum Gasteiger partial charge on any atom is -0.369 e. The molecule has 0 aliphatic rings. The Balaban J connectivity index is 2.74. The van der Waals surface area contributed by atoms with Gasteiger partial charge >= 0.3 is 0 Å². The lowest BCUT2D eigenvalue weighted by molar-refractivity contribution is 0.541. The van der Waals surface area contributed by atoms with Crippen LogP contribution in [0.5, 0.6) is 0 Å². The summed E-state index contributed by atoms with van der Waals surface area (Å²) in [7, 11) is 0. The summed E-state index contributed by atoms with van der Waals surface area (Å²) in [5, 5.41) is 0. The van der Waals surface area contributed by atoms with Crippen molar-refractivity contribution in [3.05, 3.63) is 11.0 Å². The zero-order chi connectivity index (χ0) is 11.0. The van der Waals surface area contributed by atoms with Crippen molar-refractivity contribution in [2.45, 2.75) is 26.3 Å². The van der Waals surface area contributed by atoms with Gasteiger partial charge in [0.1, 0.15) is 11.2 Å². The van der Waals surface area contributed by atoms with E-state index in [9.17, 15) is 0 Å². The summed E-state index contributed by atoms with van der Waals surface area (Å²) in [6, 6.07) is 0.363. The fourth-order valence-corrected chi connectivity index (χ4v) is 1.73. The molecule has 0 aromatic carbocycles. The molecule has 0 fully saturated rings. The number of fused-ring (bicyclic) bond motifs is 1. The van der Waals surface area contributed by atoms with Crippen LogP contribution in [0.15, 0.2) is 6.33 Å². The number of nitrogens with one attached hydrogen (secondary N) is 1. The Kier molecular flexibility index (Phi) is 2.44. The molecule has 80 valence electrons. The van der Waals surface area contributed by atoms with Gasteiger partial charge in [0.25, 0.3) is 0 Å². The van der Waals surface area contributed by atoms with Crippen LogP contribution in [0, 0.1) is 4.64 Å². The molecule has 1 atom stereocenters. The van der Waals surface area contributed by atoms with Gasteiger partial charge in [-0.05, 0) is 13.3 Å². The summed E-state index contributed by atoms with van der Waals surface area (Å²) >= 11 is 5.09. The minimum atomic E-state index is 0.331. The number of H-pyrrole nitrogens is 1. The number of hydrogen-bond acceptors (Lipinski definition) is 4. The fraction of sp³-hybridized carbons (Fsp3) is 0.444. The molecule has 0 saturated heterocycles. The van der Waals surface area contributed by atoms with Crippen LogP contribution < -0.4 is 5.73 Å². The van der Waals surface area contributed by atoms with E-state index >= 15 is 0 Å². The summed E-state index contributed by atoms with van der Waals surface area (Å²) in [6.45, 7) is 4.24. The number of nitrogens with zero attached hydrogens (tertiary/aromatic N) is 3. The number of nitrogens with two attached hydrogens (primary N) is 1. The number of nitrogen functional groups attached to an aromatic ring is 1. The molecular weight excluding hydrogens is 210 g/mol. The van der Waals surface area contributed by atoms with Crippen molar-refractivity contribution in [1.29, 1.82) is 0 Å². The molecule has 2 rings (SSSR count). The van der Waals surface area contributed by atoms with Crippen molar-refractivity contribution in [2.24, 2.45) is 0 Å². The first-order valence-corrected chi connectivity index (χ1v) is 5.26. The molecule has 5 nitrogen and oxygen atoms in total. The highest BCUT2D eigenvalue weighted by Crippen LogP contribution is 2.18. The van der Waals surface area contributed by atoms with Gasteiger partial charge in [-0.1, -0.05) is 19.1 Å². The molecule has 3 N–H and O–H groups in total. The Morgan fingerprint density at radius 3 is 3.07 bits per heavy atom. The van der Waals surface area contributed by atoms with Gasteiger partial charge in [-0.2, -0.15) is 0 Å². The Bertz CT molecular complexity index is 541.